The molecule has 3 aromatic rings. The van der Waals surface area contributed by atoms with E-state index >= 15 is 0 Å². The number of hydrogen-bond donors (Lipinski definition) is 0. The second-order valence-electron chi connectivity index (χ2n) is 6.71. The first-order valence-electron chi connectivity index (χ1n) is 9.14. The SMILES string of the molecule is CCc1nc(CC)nc(C(C)c2ccc3c(c2)-c2ccccc2C3)n1. The fraction of sp³-hybridized carbons (Fsp3) is 0.318. The molecule has 126 valence electrons. The topological polar surface area (TPSA) is 38.7 Å². The summed E-state index contributed by atoms with van der Waals surface area (Å²) >= 11 is 0. The van der Waals surface area contributed by atoms with Crippen LogP contribution in [0.4, 0.5) is 0 Å². The quantitative estimate of drug-likeness (QED) is 0.544. The summed E-state index contributed by atoms with van der Waals surface area (Å²) in [5, 5.41) is 0. The standard InChI is InChI=1S/C22H23N3/c1-4-20-23-21(5-2)25-22(24-20)14(3)15-10-11-17-12-16-8-6-7-9-18(16)19(17)13-15/h6-11,13-14H,4-5,12H2,1-3H3. The second kappa shape index (κ2) is 6.40. The van der Waals surface area contributed by atoms with Crippen LogP contribution in [0.5, 0.6) is 0 Å². The van der Waals surface area contributed by atoms with Gasteiger partial charge in [0.05, 0.1) is 0 Å². The molecule has 0 radical (unpaired) electrons. The molecule has 0 fully saturated rings. The maximum Gasteiger partial charge on any atom is 0.139 e. The summed E-state index contributed by atoms with van der Waals surface area (Å²) in [7, 11) is 0. The molecule has 0 saturated carbocycles. The predicted molar refractivity (Wildman–Crippen MR) is 101 cm³/mol. The van der Waals surface area contributed by atoms with Gasteiger partial charge >= 0.3 is 0 Å². The minimum absolute atomic E-state index is 0.164. The molecule has 1 aromatic heterocycles. The summed E-state index contributed by atoms with van der Waals surface area (Å²) < 4.78 is 0. The zero-order valence-corrected chi connectivity index (χ0v) is 15.1. The molecular weight excluding hydrogens is 306 g/mol. The van der Waals surface area contributed by atoms with Crippen LogP contribution in [-0.4, -0.2) is 15.0 Å². The minimum atomic E-state index is 0.164. The molecule has 25 heavy (non-hydrogen) atoms. The number of rotatable bonds is 4. The third kappa shape index (κ3) is 2.84. The zero-order valence-electron chi connectivity index (χ0n) is 15.1. The van der Waals surface area contributed by atoms with Crippen LogP contribution in [0.2, 0.25) is 0 Å². The van der Waals surface area contributed by atoms with Crippen molar-refractivity contribution < 1.29 is 0 Å². The van der Waals surface area contributed by atoms with Crippen LogP contribution in [0.25, 0.3) is 11.1 Å². The van der Waals surface area contributed by atoms with Crippen LogP contribution in [0.15, 0.2) is 42.5 Å². The summed E-state index contributed by atoms with van der Waals surface area (Å²) in [6.45, 7) is 6.38. The predicted octanol–water partition coefficient (Wildman–Crippen LogP) is 4.72. The van der Waals surface area contributed by atoms with Gasteiger partial charge in [0.25, 0.3) is 0 Å². The Morgan fingerprint density at radius 2 is 1.52 bits per heavy atom. The number of aryl methyl sites for hydroxylation is 2. The maximum atomic E-state index is 4.69. The number of aromatic nitrogens is 3. The Balaban J connectivity index is 1.75. The third-order valence-electron chi connectivity index (χ3n) is 5.09. The van der Waals surface area contributed by atoms with E-state index in [2.05, 4.69) is 68.2 Å². The fourth-order valence-corrected chi connectivity index (χ4v) is 3.56. The molecule has 2 aromatic carbocycles. The van der Waals surface area contributed by atoms with Gasteiger partial charge in [0.15, 0.2) is 0 Å². The van der Waals surface area contributed by atoms with Gasteiger partial charge < -0.3 is 0 Å². The number of nitrogens with zero attached hydrogens (tertiary/aromatic N) is 3. The Bertz CT molecular complexity index is 908. The van der Waals surface area contributed by atoms with Crippen molar-refractivity contribution in [3.05, 3.63) is 76.6 Å². The smallest absolute Gasteiger partial charge is 0.139 e. The van der Waals surface area contributed by atoms with Gasteiger partial charge in [0.1, 0.15) is 17.5 Å². The lowest BCUT2D eigenvalue weighted by Gasteiger charge is -2.14. The van der Waals surface area contributed by atoms with E-state index in [0.29, 0.717) is 0 Å². The number of fused-ring (bicyclic) bond motifs is 3. The van der Waals surface area contributed by atoms with Gasteiger partial charge in [-0.05, 0) is 34.2 Å². The van der Waals surface area contributed by atoms with Crippen molar-refractivity contribution in [2.45, 2.75) is 46.0 Å². The first-order valence-corrected chi connectivity index (χ1v) is 9.14. The van der Waals surface area contributed by atoms with E-state index in [4.69, 9.17) is 9.97 Å². The van der Waals surface area contributed by atoms with E-state index in [1.807, 2.05) is 0 Å². The van der Waals surface area contributed by atoms with Crippen molar-refractivity contribution in [2.75, 3.05) is 0 Å². The van der Waals surface area contributed by atoms with Crippen molar-refractivity contribution in [3.8, 4) is 11.1 Å². The highest BCUT2D eigenvalue weighted by Crippen LogP contribution is 2.38. The van der Waals surface area contributed by atoms with Gasteiger partial charge in [-0.2, -0.15) is 0 Å². The molecule has 1 aliphatic carbocycles. The highest BCUT2D eigenvalue weighted by atomic mass is 15.0. The van der Waals surface area contributed by atoms with E-state index in [0.717, 1.165) is 36.7 Å². The molecule has 0 aliphatic heterocycles. The summed E-state index contributed by atoms with van der Waals surface area (Å²) in [6, 6.07) is 15.5. The summed E-state index contributed by atoms with van der Waals surface area (Å²) in [5.74, 6) is 2.83. The van der Waals surface area contributed by atoms with Gasteiger partial charge in [-0.1, -0.05) is 63.2 Å². The van der Waals surface area contributed by atoms with Gasteiger partial charge in [0.2, 0.25) is 0 Å². The van der Waals surface area contributed by atoms with Gasteiger partial charge in [-0.15, -0.1) is 0 Å². The Kier molecular flexibility index (Phi) is 4.08. The van der Waals surface area contributed by atoms with E-state index < -0.39 is 0 Å². The van der Waals surface area contributed by atoms with E-state index in [1.54, 1.807) is 0 Å². The molecule has 4 rings (SSSR count). The Morgan fingerprint density at radius 1 is 0.840 bits per heavy atom. The van der Waals surface area contributed by atoms with Crippen molar-refractivity contribution in [1.29, 1.82) is 0 Å². The Labute approximate surface area is 149 Å². The average Bonchev–Trinajstić information content (AvgIpc) is 3.04. The third-order valence-corrected chi connectivity index (χ3v) is 5.09. The molecule has 0 amide bonds. The maximum absolute atomic E-state index is 4.69. The fourth-order valence-electron chi connectivity index (χ4n) is 3.56. The Morgan fingerprint density at radius 3 is 2.24 bits per heavy atom. The van der Waals surface area contributed by atoms with E-state index in [-0.39, 0.29) is 5.92 Å². The highest BCUT2D eigenvalue weighted by Gasteiger charge is 2.21. The number of hydrogen-bond acceptors (Lipinski definition) is 3. The van der Waals surface area contributed by atoms with Crippen LogP contribution in [0.1, 0.15) is 60.9 Å². The molecule has 0 bridgehead atoms. The van der Waals surface area contributed by atoms with Gasteiger partial charge in [0, 0.05) is 18.8 Å². The van der Waals surface area contributed by atoms with Crippen molar-refractivity contribution >= 4 is 0 Å². The lowest BCUT2D eigenvalue weighted by Crippen LogP contribution is -2.10. The average molecular weight is 329 g/mol. The first kappa shape index (κ1) is 15.9. The molecule has 1 unspecified atom stereocenters. The second-order valence-corrected chi connectivity index (χ2v) is 6.71. The van der Waals surface area contributed by atoms with Crippen LogP contribution >= 0.6 is 0 Å². The number of benzene rings is 2. The zero-order chi connectivity index (χ0) is 17.4. The van der Waals surface area contributed by atoms with Crippen molar-refractivity contribution in [2.24, 2.45) is 0 Å². The lowest BCUT2D eigenvalue weighted by atomic mass is 9.95. The largest absolute Gasteiger partial charge is 0.218 e. The summed E-state index contributed by atoms with van der Waals surface area (Å²) in [4.78, 5) is 13.9. The highest BCUT2D eigenvalue weighted by molar-refractivity contribution is 5.77. The molecule has 1 atom stereocenters. The van der Waals surface area contributed by atoms with Gasteiger partial charge in [-0.3, -0.25) is 0 Å². The molecule has 0 N–H and O–H groups in total. The lowest BCUT2D eigenvalue weighted by molar-refractivity contribution is 0.728. The van der Waals surface area contributed by atoms with Crippen molar-refractivity contribution in [1.82, 2.24) is 15.0 Å². The molecule has 3 heteroatoms. The summed E-state index contributed by atoms with van der Waals surface area (Å²) in [5.41, 5.74) is 6.83. The van der Waals surface area contributed by atoms with Crippen LogP contribution in [0, 0.1) is 0 Å². The van der Waals surface area contributed by atoms with Crippen LogP contribution in [-0.2, 0) is 19.3 Å². The minimum Gasteiger partial charge on any atom is -0.218 e. The van der Waals surface area contributed by atoms with Gasteiger partial charge in [-0.25, -0.2) is 15.0 Å². The molecule has 3 nitrogen and oxygen atoms in total. The normalized spacial score (nSPS) is 13.4. The van der Waals surface area contributed by atoms with Crippen molar-refractivity contribution in [3.63, 3.8) is 0 Å². The molecule has 1 heterocycles. The van der Waals surface area contributed by atoms with E-state index in [1.165, 1.54) is 27.8 Å². The van der Waals surface area contributed by atoms with Crippen LogP contribution in [0.3, 0.4) is 0 Å². The van der Waals surface area contributed by atoms with Crippen LogP contribution < -0.4 is 0 Å². The molecule has 0 spiro atoms. The van der Waals surface area contributed by atoms with E-state index in [9.17, 15) is 0 Å². The monoisotopic (exact) mass is 329 g/mol. The first-order chi connectivity index (χ1) is 12.2. The molecular formula is C22H23N3. The molecule has 1 aliphatic rings. The molecule has 0 saturated heterocycles. The Hall–Kier alpha value is -2.55. The summed E-state index contributed by atoms with van der Waals surface area (Å²) in [6.07, 6.45) is 2.71.